The van der Waals surface area contributed by atoms with E-state index in [2.05, 4.69) is 5.32 Å². The van der Waals surface area contributed by atoms with E-state index in [9.17, 15) is 9.18 Å². The molecule has 3 N–H and O–H groups in total. The van der Waals surface area contributed by atoms with E-state index in [4.69, 9.17) is 5.73 Å². The summed E-state index contributed by atoms with van der Waals surface area (Å²) < 4.78 is 12.9. The summed E-state index contributed by atoms with van der Waals surface area (Å²) in [5.41, 5.74) is 5.88. The highest BCUT2D eigenvalue weighted by Gasteiger charge is 2.01. The number of nitrogens with one attached hydrogen (secondary N) is 1. The van der Waals surface area contributed by atoms with Gasteiger partial charge in [0.1, 0.15) is 5.82 Å². The molecule has 1 aromatic carbocycles. The molecule has 0 aliphatic heterocycles. The lowest BCUT2D eigenvalue weighted by Gasteiger charge is -2.02. The minimum Gasteiger partial charge on any atom is -0.399 e. The Morgan fingerprint density at radius 3 is 2.87 bits per heavy atom. The maximum Gasteiger partial charge on any atom is 0.220 e. The Bertz CT molecular complexity index is 337. The molecule has 0 saturated carbocycles. The molecule has 15 heavy (non-hydrogen) atoms. The third kappa shape index (κ3) is 4.20. The quantitative estimate of drug-likeness (QED) is 0.608. The van der Waals surface area contributed by atoms with Crippen LogP contribution in [0.25, 0.3) is 0 Å². The average Bonchev–Trinajstić information content (AvgIpc) is 2.16. The minimum atomic E-state index is -0.350. The number of amides is 1. The van der Waals surface area contributed by atoms with Gasteiger partial charge in [-0.25, -0.2) is 4.39 Å². The Balaban J connectivity index is 2.47. The van der Waals surface area contributed by atoms with Crippen LogP contribution in [0.2, 0.25) is 0 Å². The van der Waals surface area contributed by atoms with Crippen LogP contribution in [0, 0.1) is 5.82 Å². The van der Waals surface area contributed by atoms with Crippen molar-refractivity contribution in [2.24, 2.45) is 0 Å². The molecule has 0 spiro atoms. The largest absolute Gasteiger partial charge is 0.399 e. The first-order chi connectivity index (χ1) is 7.11. The fourth-order valence-electron chi connectivity index (χ4n) is 1.05. The third-order valence-corrected chi connectivity index (χ3v) is 2.75. The van der Waals surface area contributed by atoms with E-state index in [0.29, 0.717) is 17.9 Å². The van der Waals surface area contributed by atoms with Crippen molar-refractivity contribution in [1.29, 1.82) is 0 Å². The number of anilines is 1. The van der Waals surface area contributed by atoms with E-state index in [0.717, 1.165) is 4.90 Å². The molecule has 0 atom stereocenters. The zero-order chi connectivity index (χ0) is 11.3. The van der Waals surface area contributed by atoms with E-state index < -0.39 is 0 Å². The molecule has 1 rings (SSSR count). The van der Waals surface area contributed by atoms with Crippen molar-refractivity contribution in [3.8, 4) is 0 Å². The van der Waals surface area contributed by atoms with Gasteiger partial charge in [-0.15, -0.1) is 11.8 Å². The average molecular weight is 228 g/mol. The Kier molecular flexibility index (Phi) is 4.42. The van der Waals surface area contributed by atoms with E-state index in [1.54, 1.807) is 13.1 Å². The van der Waals surface area contributed by atoms with Gasteiger partial charge in [0.15, 0.2) is 0 Å². The smallest absolute Gasteiger partial charge is 0.220 e. The molecule has 0 bridgehead atoms. The molecule has 1 amide bonds. The van der Waals surface area contributed by atoms with Gasteiger partial charge in [-0.3, -0.25) is 4.79 Å². The molecule has 0 aliphatic rings. The van der Waals surface area contributed by atoms with Gasteiger partial charge in [0.25, 0.3) is 0 Å². The molecule has 0 aliphatic carbocycles. The van der Waals surface area contributed by atoms with Crippen molar-refractivity contribution in [2.45, 2.75) is 11.3 Å². The highest BCUT2D eigenvalue weighted by Crippen LogP contribution is 2.22. The lowest BCUT2D eigenvalue weighted by molar-refractivity contribution is -0.120. The molecule has 0 radical (unpaired) electrons. The standard InChI is InChI=1S/C10H13FN2OS/c1-13-10(14)2-3-15-9-5-7(11)4-8(12)6-9/h4-6H,2-3,12H2,1H3,(H,13,14). The van der Waals surface area contributed by atoms with Gasteiger partial charge in [0.05, 0.1) is 0 Å². The molecule has 3 nitrogen and oxygen atoms in total. The van der Waals surface area contributed by atoms with Gasteiger partial charge in [-0.1, -0.05) is 0 Å². The zero-order valence-corrected chi connectivity index (χ0v) is 9.23. The molecule has 82 valence electrons. The Morgan fingerprint density at radius 1 is 1.53 bits per heavy atom. The van der Waals surface area contributed by atoms with Crippen molar-refractivity contribution in [3.05, 3.63) is 24.0 Å². The summed E-state index contributed by atoms with van der Waals surface area (Å²) in [4.78, 5) is 11.7. The number of nitrogens with two attached hydrogens (primary N) is 1. The lowest BCUT2D eigenvalue weighted by Crippen LogP contribution is -2.17. The van der Waals surface area contributed by atoms with Gasteiger partial charge in [-0.2, -0.15) is 0 Å². The summed E-state index contributed by atoms with van der Waals surface area (Å²) in [6.07, 6.45) is 0.414. The van der Waals surface area contributed by atoms with Crippen molar-refractivity contribution < 1.29 is 9.18 Å². The highest BCUT2D eigenvalue weighted by molar-refractivity contribution is 7.99. The number of halogens is 1. The summed E-state index contributed by atoms with van der Waals surface area (Å²) in [6.45, 7) is 0. The van der Waals surface area contributed by atoms with Gasteiger partial charge >= 0.3 is 0 Å². The van der Waals surface area contributed by atoms with Gasteiger partial charge in [0.2, 0.25) is 5.91 Å². The number of carbonyl (C=O) groups is 1. The van der Waals surface area contributed by atoms with Crippen LogP contribution in [0.3, 0.4) is 0 Å². The van der Waals surface area contributed by atoms with Crippen LogP contribution in [0.4, 0.5) is 10.1 Å². The van der Waals surface area contributed by atoms with Crippen LogP contribution in [0.1, 0.15) is 6.42 Å². The molecular formula is C10H13FN2OS. The summed E-state index contributed by atoms with van der Waals surface area (Å²) in [6, 6.07) is 4.37. The lowest BCUT2D eigenvalue weighted by atomic mass is 10.3. The van der Waals surface area contributed by atoms with E-state index in [1.165, 1.54) is 23.9 Å². The maximum atomic E-state index is 12.9. The number of benzene rings is 1. The summed E-state index contributed by atoms with van der Waals surface area (Å²) in [7, 11) is 1.59. The number of rotatable bonds is 4. The predicted molar refractivity (Wildman–Crippen MR) is 60.2 cm³/mol. The maximum absolute atomic E-state index is 12.9. The van der Waals surface area contributed by atoms with Crippen molar-refractivity contribution in [3.63, 3.8) is 0 Å². The first kappa shape index (κ1) is 11.8. The molecule has 0 aromatic heterocycles. The van der Waals surface area contributed by atoms with E-state index in [1.807, 2.05) is 0 Å². The van der Waals surface area contributed by atoms with Crippen LogP contribution < -0.4 is 11.1 Å². The number of carbonyl (C=O) groups excluding carboxylic acids is 1. The van der Waals surface area contributed by atoms with Crippen LogP contribution in [-0.2, 0) is 4.79 Å². The van der Waals surface area contributed by atoms with Gasteiger partial charge < -0.3 is 11.1 Å². The Labute approximate surface area is 92.2 Å². The first-order valence-electron chi connectivity index (χ1n) is 4.51. The van der Waals surface area contributed by atoms with Crippen LogP contribution >= 0.6 is 11.8 Å². The molecule has 1 aromatic rings. The van der Waals surface area contributed by atoms with Crippen LogP contribution in [0.5, 0.6) is 0 Å². The normalized spacial score (nSPS) is 10.0. The summed E-state index contributed by atoms with van der Waals surface area (Å²) in [5, 5.41) is 2.52. The first-order valence-corrected chi connectivity index (χ1v) is 5.50. The van der Waals surface area contributed by atoms with Gasteiger partial charge in [-0.05, 0) is 18.2 Å². The fraction of sp³-hybridized carbons (Fsp3) is 0.300. The van der Waals surface area contributed by atoms with E-state index >= 15 is 0 Å². The highest BCUT2D eigenvalue weighted by atomic mass is 32.2. The second kappa shape index (κ2) is 5.60. The summed E-state index contributed by atoms with van der Waals surface area (Å²) in [5.74, 6) is 0.243. The SMILES string of the molecule is CNC(=O)CCSc1cc(N)cc(F)c1. The molecular weight excluding hydrogens is 215 g/mol. The van der Waals surface area contributed by atoms with Gasteiger partial charge in [0, 0.05) is 29.8 Å². The number of nitrogen functional groups attached to an aromatic ring is 1. The topological polar surface area (TPSA) is 55.1 Å². The van der Waals surface area contributed by atoms with Crippen LogP contribution in [-0.4, -0.2) is 18.7 Å². The van der Waals surface area contributed by atoms with Crippen molar-refractivity contribution in [1.82, 2.24) is 5.32 Å². The monoisotopic (exact) mass is 228 g/mol. The molecule has 0 fully saturated rings. The second-order valence-corrected chi connectivity index (χ2v) is 4.16. The molecule has 5 heteroatoms. The Hall–Kier alpha value is -1.23. The minimum absolute atomic E-state index is 0.0214. The van der Waals surface area contributed by atoms with Crippen molar-refractivity contribution in [2.75, 3.05) is 18.5 Å². The number of thioether (sulfide) groups is 1. The Morgan fingerprint density at radius 2 is 2.27 bits per heavy atom. The summed E-state index contributed by atoms with van der Waals surface area (Å²) >= 11 is 1.41. The number of hydrogen-bond donors (Lipinski definition) is 2. The van der Waals surface area contributed by atoms with Crippen LogP contribution in [0.15, 0.2) is 23.1 Å². The predicted octanol–water partition coefficient (Wildman–Crippen LogP) is 1.64. The zero-order valence-electron chi connectivity index (χ0n) is 8.42. The van der Waals surface area contributed by atoms with E-state index in [-0.39, 0.29) is 11.7 Å². The second-order valence-electron chi connectivity index (χ2n) is 2.99. The molecule has 0 heterocycles. The molecule has 0 unspecified atom stereocenters. The number of hydrogen-bond acceptors (Lipinski definition) is 3. The fourth-order valence-corrected chi connectivity index (χ4v) is 1.99. The third-order valence-electron chi connectivity index (χ3n) is 1.77. The molecule has 0 saturated heterocycles. The van der Waals surface area contributed by atoms with Crippen molar-refractivity contribution >= 4 is 23.4 Å².